The number of anilines is 1. The Bertz CT molecular complexity index is 2150. The highest BCUT2D eigenvalue weighted by Gasteiger charge is 2.41. The van der Waals surface area contributed by atoms with Gasteiger partial charge in [0.1, 0.15) is 5.54 Å². The number of aromatic amines is 1. The molecule has 3 atom stereocenters. The zero-order valence-electron chi connectivity index (χ0n) is 30.2. The number of ether oxygens (including phenoxy) is 1. The van der Waals surface area contributed by atoms with Crippen molar-refractivity contribution in [1.82, 2.24) is 14.8 Å². The van der Waals surface area contributed by atoms with Crippen molar-refractivity contribution in [3.05, 3.63) is 125 Å². The number of carbonyl (C=O) groups excluding carboxylic acids is 3. The SMILES string of the molecule is CC1(c2ccc(C3CN(C(=O)CN4CCOCC4)CC3C(=O)O)cc2)C=C(C(=O)Cc2ccc(-c3cc(C(=O)N4CCc5ccccc54)c[nH]3)cc2)C=N1. The second kappa shape index (κ2) is 14.6. The summed E-state index contributed by atoms with van der Waals surface area (Å²) >= 11 is 0. The van der Waals surface area contributed by atoms with Gasteiger partial charge in [0.25, 0.3) is 5.91 Å². The smallest absolute Gasteiger partial charge is 0.308 e. The minimum Gasteiger partial charge on any atom is -0.481 e. The largest absolute Gasteiger partial charge is 0.481 e. The van der Waals surface area contributed by atoms with Gasteiger partial charge in [-0.1, -0.05) is 66.7 Å². The van der Waals surface area contributed by atoms with Crippen LogP contribution < -0.4 is 4.90 Å². The summed E-state index contributed by atoms with van der Waals surface area (Å²) in [5.74, 6) is -2.04. The molecule has 0 radical (unpaired) electrons. The number of carbonyl (C=O) groups is 4. The number of nitrogens with zero attached hydrogens (tertiary/aromatic N) is 4. The number of Topliss-reactive ketones (excluding diaryl/α,β-unsaturated/α-hetero) is 1. The van der Waals surface area contributed by atoms with Crippen LogP contribution in [0.25, 0.3) is 11.3 Å². The number of allylic oxidation sites excluding steroid dienone is 1. The topological polar surface area (TPSA) is 136 Å². The first-order valence-electron chi connectivity index (χ1n) is 18.5. The van der Waals surface area contributed by atoms with E-state index >= 15 is 0 Å². The number of aliphatic carboxylic acids is 1. The van der Waals surface area contributed by atoms with Crippen LogP contribution in [0, 0.1) is 5.92 Å². The van der Waals surface area contributed by atoms with Gasteiger partial charge in [-0.3, -0.25) is 29.1 Å². The number of ketones is 1. The third-order valence-electron chi connectivity index (χ3n) is 11.3. The van der Waals surface area contributed by atoms with Gasteiger partial charge in [-0.2, -0.15) is 0 Å². The van der Waals surface area contributed by atoms with Crippen LogP contribution >= 0.6 is 0 Å². The van der Waals surface area contributed by atoms with Crippen LogP contribution in [0.15, 0.2) is 102 Å². The molecule has 0 aliphatic carbocycles. The zero-order chi connectivity index (χ0) is 37.4. The molecule has 2 amide bonds. The van der Waals surface area contributed by atoms with E-state index in [9.17, 15) is 24.3 Å². The highest BCUT2D eigenvalue weighted by molar-refractivity contribution is 6.15. The summed E-state index contributed by atoms with van der Waals surface area (Å²) in [6.07, 6.45) is 6.34. The molecule has 11 heteroatoms. The molecule has 8 rings (SSSR count). The molecule has 1 aromatic heterocycles. The molecule has 3 unspecified atom stereocenters. The Balaban J connectivity index is 0.887. The van der Waals surface area contributed by atoms with Crippen molar-refractivity contribution in [2.45, 2.75) is 31.2 Å². The lowest BCUT2D eigenvalue weighted by Crippen LogP contribution is -2.44. The average Bonchev–Trinajstić information content (AvgIpc) is 4.01. The predicted octanol–water partition coefficient (Wildman–Crippen LogP) is 4.88. The van der Waals surface area contributed by atoms with E-state index in [1.54, 1.807) is 17.3 Å². The van der Waals surface area contributed by atoms with Gasteiger partial charge in [-0.25, -0.2) is 0 Å². The van der Waals surface area contributed by atoms with E-state index in [1.165, 1.54) is 5.56 Å². The normalized spacial score (nSPS) is 22.4. The van der Waals surface area contributed by atoms with Gasteiger partial charge in [-0.05, 0) is 59.4 Å². The Morgan fingerprint density at radius 2 is 1.70 bits per heavy atom. The maximum Gasteiger partial charge on any atom is 0.308 e. The molecule has 276 valence electrons. The number of benzene rings is 3. The van der Waals surface area contributed by atoms with E-state index in [2.05, 4.69) is 16.0 Å². The van der Waals surface area contributed by atoms with Gasteiger partial charge in [0.2, 0.25) is 5.91 Å². The van der Waals surface area contributed by atoms with Crippen LogP contribution in [-0.4, -0.2) is 102 Å². The van der Waals surface area contributed by atoms with Crippen molar-refractivity contribution in [3.8, 4) is 11.3 Å². The van der Waals surface area contributed by atoms with Crippen LogP contribution in [0.1, 0.15) is 45.5 Å². The lowest BCUT2D eigenvalue weighted by atomic mass is 9.86. The van der Waals surface area contributed by atoms with Gasteiger partial charge in [0.05, 0.1) is 31.2 Å². The lowest BCUT2D eigenvalue weighted by Gasteiger charge is -2.28. The third-order valence-corrected chi connectivity index (χ3v) is 11.3. The van der Waals surface area contributed by atoms with Crippen LogP contribution in [0.2, 0.25) is 0 Å². The molecule has 4 aromatic rings. The number of hydrogen-bond acceptors (Lipinski definition) is 7. The van der Waals surface area contributed by atoms with Crippen molar-refractivity contribution in [1.29, 1.82) is 0 Å². The van der Waals surface area contributed by atoms with E-state index < -0.39 is 17.4 Å². The van der Waals surface area contributed by atoms with Crippen LogP contribution in [0.3, 0.4) is 0 Å². The summed E-state index contributed by atoms with van der Waals surface area (Å²) < 4.78 is 5.38. The van der Waals surface area contributed by atoms with Gasteiger partial charge in [-0.15, -0.1) is 0 Å². The van der Waals surface area contributed by atoms with Crippen LogP contribution in [0.4, 0.5) is 5.69 Å². The number of morpholine rings is 1. The maximum atomic E-state index is 13.4. The van der Waals surface area contributed by atoms with E-state index in [0.717, 1.165) is 40.1 Å². The molecular formula is C43H43N5O6. The van der Waals surface area contributed by atoms with Gasteiger partial charge in [0, 0.05) is 74.4 Å². The Hall–Kier alpha value is -5.65. The number of fused-ring (bicyclic) bond motifs is 1. The van der Waals surface area contributed by atoms with Crippen molar-refractivity contribution >= 4 is 35.5 Å². The molecular weight excluding hydrogens is 683 g/mol. The summed E-state index contributed by atoms with van der Waals surface area (Å²) in [6.45, 7) is 6.01. The van der Waals surface area contributed by atoms with Crippen molar-refractivity contribution < 1.29 is 29.0 Å². The van der Waals surface area contributed by atoms with Gasteiger partial charge < -0.3 is 24.6 Å². The number of likely N-dealkylation sites (tertiary alicyclic amines) is 1. The standard InChI is InChI=1S/C43H43N5O6/c1-43(34-12-10-29(11-13-34)35-25-47(26-36(35)42(52)53)40(50)27-46-16-18-54-19-17-46)22-33(24-45-43)39(49)20-28-6-8-30(9-7-28)37-21-32(23-44-37)41(51)48-15-14-31-4-2-3-5-38(31)48/h2-13,21-24,35-36,44H,14-20,25-27H2,1H3,(H,52,53). The van der Waals surface area contributed by atoms with Gasteiger partial charge in [0.15, 0.2) is 5.78 Å². The number of nitrogens with one attached hydrogen (secondary N) is 1. The molecule has 54 heavy (non-hydrogen) atoms. The van der Waals surface area contributed by atoms with Crippen LogP contribution in [-0.2, 0) is 37.5 Å². The first kappa shape index (κ1) is 35.4. The molecule has 0 spiro atoms. The third kappa shape index (κ3) is 7.04. The number of aliphatic imine (C=N–C) groups is 1. The molecule has 11 nitrogen and oxygen atoms in total. The number of hydrogen-bond donors (Lipinski definition) is 2. The Kier molecular flexibility index (Phi) is 9.59. The first-order valence-corrected chi connectivity index (χ1v) is 18.5. The highest BCUT2D eigenvalue weighted by Crippen LogP contribution is 2.37. The number of carboxylic acids is 1. The summed E-state index contributed by atoms with van der Waals surface area (Å²) in [6, 6.07) is 25.4. The van der Waals surface area contributed by atoms with E-state index in [1.807, 2.05) is 90.7 Å². The minimum atomic E-state index is -0.909. The van der Waals surface area contributed by atoms with E-state index in [-0.39, 0.29) is 43.0 Å². The molecule has 4 aliphatic rings. The predicted molar refractivity (Wildman–Crippen MR) is 205 cm³/mol. The summed E-state index contributed by atoms with van der Waals surface area (Å²) in [5.41, 5.74) is 6.93. The monoisotopic (exact) mass is 725 g/mol. The second-order valence-electron chi connectivity index (χ2n) is 14.8. The zero-order valence-corrected chi connectivity index (χ0v) is 30.2. The number of aromatic nitrogens is 1. The quantitative estimate of drug-likeness (QED) is 0.238. The highest BCUT2D eigenvalue weighted by atomic mass is 16.5. The summed E-state index contributed by atoms with van der Waals surface area (Å²) in [7, 11) is 0. The molecule has 4 aliphatic heterocycles. The van der Waals surface area contributed by atoms with Crippen molar-refractivity contribution in [2.24, 2.45) is 10.9 Å². The van der Waals surface area contributed by atoms with Crippen molar-refractivity contribution in [2.75, 3.05) is 57.4 Å². The number of carboxylic acid groups (broad SMARTS) is 1. The lowest BCUT2D eigenvalue weighted by molar-refractivity contribution is -0.142. The summed E-state index contributed by atoms with van der Waals surface area (Å²) in [4.78, 5) is 65.5. The first-order chi connectivity index (χ1) is 26.1. The maximum absolute atomic E-state index is 13.4. The number of rotatable bonds is 10. The van der Waals surface area contributed by atoms with Crippen LogP contribution in [0.5, 0.6) is 0 Å². The fourth-order valence-corrected chi connectivity index (χ4v) is 8.08. The Morgan fingerprint density at radius 3 is 2.46 bits per heavy atom. The van der Waals surface area contributed by atoms with Gasteiger partial charge >= 0.3 is 5.97 Å². The summed E-state index contributed by atoms with van der Waals surface area (Å²) in [5, 5.41) is 10.0. The average molecular weight is 726 g/mol. The number of amides is 2. The molecule has 2 fully saturated rings. The molecule has 0 saturated carbocycles. The Labute approximate surface area is 313 Å². The molecule has 2 N–H and O–H groups in total. The number of para-hydroxylation sites is 1. The Morgan fingerprint density at radius 1 is 0.944 bits per heavy atom. The number of H-pyrrole nitrogens is 1. The fraction of sp³-hybridized carbons (Fsp3) is 0.326. The molecule has 3 aromatic carbocycles. The molecule has 0 bridgehead atoms. The van der Waals surface area contributed by atoms with E-state index in [0.29, 0.717) is 50.5 Å². The fourth-order valence-electron chi connectivity index (χ4n) is 8.08. The molecule has 2 saturated heterocycles. The van der Waals surface area contributed by atoms with E-state index in [4.69, 9.17) is 9.73 Å². The van der Waals surface area contributed by atoms with Crippen molar-refractivity contribution in [3.63, 3.8) is 0 Å². The minimum absolute atomic E-state index is 0.0283. The second-order valence-corrected chi connectivity index (χ2v) is 14.8. The molecule has 5 heterocycles.